The lowest BCUT2D eigenvalue weighted by Gasteiger charge is -2.32. The lowest BCUT2D eigenvalue weighted by molar-refractivity contribution is -0.148. The number of hydrogen-bond acceptors (Lipinski definition) is 10. The number of nitrogens with one attached hydrogen (secondary N) is 1. The topological polar surface area (TPSA) is 217 Å². The number of hydrogen-bond donors (Lipinski definition) is 4. The molecule has 0 aliphatic rings. The zero-order valence-corrected chi connectivity index (χ0v) is 53.7. The standard InChI is InChI=1S/C65H126N8O9/c1-7-13-19-25-29-31-35-41-47-71(52-61(78)68(50-59(66)76)43-37-23-17-11-5)64(81)55-73(46-40-34-28-22-16-10-4)65(82)53-70(45-38-24-18-12-6)63(80)54-72(48-42-36-32-30-26-20-14-8-2)62(79)51-69(44-39-33-27-21-15-9-3)60(77)49-67-58(56-74)57-75/h58,67,74-75H,7-57H2,1-6H3,(H2,66,76). The molecule has 17 nitrogen and oxygen atoms in total. The molecule has 7 amide bonds. The van der Waals surface area contributed by atoms with Gasteiger partial charge in [0.15, 0.2) is 0 Å². The van der Waals surface area contributed by atoms with Crippen molar-refractivity contribution in [1.82, 2.24) is 34.7 Å². The van der Waals surface area contributed by atoms with Crippen LogP contribution in [0.5, 0.6) is 0 Å². The molecular weight excluding hydrogens is 1040 g/mol. The van der Waals surface area contributed by atoms with Crippen LogP contribution < -0.4 is 11.1 Å². The fraction of sp³-hybridized carbons (Fsp3) is 0.892. The monoisotopic (exact) mass is 1160 g/mol. The van der Waals surface area contributed by atoms with E-state index in [1.165, 1.54) is 48.3 Å². The maximum absolute atomic E-state index is 14.9. The van der Waals surface area contributed by atoms with Crippen molar-refractivity contribution in [2.24, 2.45) is 5.73 Å². The normalized spacial score (nSPS) is 11.3. The van der Waals surface area contributed by atoms with Crippen molar-refractivity contribution in [2.45, 2.75) is 279 Å². The Bertz CT molecular complexity index is 1620. The number of rotatable bonds is 59. The first-order chi connectivity index (χ1) is 39.8. The van der Waals surface area contributed by atoms with Crippen LogP contribution in [-0.4, -0.2) is 185 Å². The summed E-state index contributed by atoms with van der Waals surface area (Å²) in [4.78, 5) is 108. The largest absolute Gasteiger partial charge is 0.395 e. The molecule has 0 unspecified atom stereocenters. The van der Waals surface area contributed by atoms with Gasteiger partial charge in [0.2, 0.25) is 41.4 Å². The minimum Gasteiger partial charge on any atom is -0.395 e. The van der Waals surface area contributed by atoms with Gasteiger partial charge < -0.3 is 50.7 Å². The first-order valence-electron chi connectivity index (χ1n) is 33.7. The Morgan fingerprint density at radius 3 is 0.683 bits per heavy atom. The Balaban J connectivity index is 7.07. The number of carbonyl (C=O) groups is 7. The summed E-state index contributed by atoms with van der Waals surface area (Å²) in [5.74, 6) is -2.76. The molecule has 480 valence electrons. The van der Waals surface area contributed by atoms with Crippen LogP contribution in [-0.2, 0) is 33.6 Å². The second-order valence-electron chi connectivity index (χ2n) is 23.4. The number of aliphatic hydroxyl groups is 2. The second-order valence-corrected chi connectivity index (χ2v) is 23.4. The van der Waals surface area contributed by atoms with Crippen molar-refractivity contribution in [2.75, 3.05) is 98.3 Å². The summed E-state index contributed by atoms with van der Waals surface area (Å²) in [5.41, 5.74) is 5.64. The van der Waals surface area contributed by atoms with Crippen LogP contribution in [0.1, 0.15) is 273 Å². The van der Waals surface area contributed by atoms with Gasteiger partial charge in [0.1, 0.15) is 0 Å². The highest BCUT2D eigenvalue weighted by atomic mass is 16.3. The van der Waals surface area contributed by atoms with E-state index in [2.05, 4.69) is 46.9 Å². The molecular formula is C65H126N8O9. The van der Waals surface area contributed by atoms with Gasteiger partial charge in [-0.2, -0.15) is 0 Å². The second kappa shape index (κ2) is 55.1. The van der Waals surface area contributed by atoms with Crippen LogP contribution >= 0.6 is 0 Å². The maximum Gasteiger partial charge on any atom is 0.242 e. The zero-order chi connectivity index (χ0) is 60.9. The van der Waals surface area contributed by atoms with Crippen LogP contribution in [0.3, 0.4) is 0 Å². The van der Waals surface area contributed by atoms with Gasteiger partial charge in [0, 0.05) is 39.3 Å². The summed E-state index contributed by atoms with van der Waals surface area (Å²) < 4.78 is 0. The minimum absolute atomic E-state index is 0.169. The maximum atomic E-state index is 14.9. The quantitative estimate of drug-likeness (QED) is 0.0422. The third-order valence-corrected chi connectivity index (χ3v) is 15.8. The number of nitrogens with zero attached hydrogens (tertiary/aromatic N) is 6. The minimum atomic E-state index is -0.684. The van der Waals surface area contributed by atoms with Crippen molar-refractivity contribution >= 4 is 41.4 Å². The van der Waals surface area contributed by atoms with Gasteiger partial charge in [-0.1, -0.05) is 234 Å². The van der Waals surface area contributed by atoms with Gasteiger partial charge in [-0.15, -0.1) is 0 Å². The van der Waals surface area contributed by atoms with Crippen LogP contribution in [0.15, 0.2) is 0 Å². The van der Waals surface area contributed by atoms with Gasteiger partial charge >= 0.3 is 0 Å². The van der Waals surface area contributed by atoms with Crippen molar-refractivity contribution < 1.29 is 43.8 Å². The fourth-order valence-electron chi connectivity index (χ4n) is 10.3. The van der Waals surface area contributed by atoms with Crippen LogP contribution in [0.2, 0.25) is 0 Å². The Kier molecular flexibility index (Phi) is 52.5. The van der Waals surface area contributed by atoms with E-state index in [0.717, 1.165) is 154 Å². The number of aliphatic hydroxyl groups excluding tert-OH is 2. The van der Waals surface area contributed by atoms with E-state index < -0.39 is 11.9 Å². The highest BCUT2D eigenvalue weighted by Gasteiger charge is 2.30. The van der Waals surface area contributed by atoms with Crippen LogP contribution in [0, 0.1) is 0 Å². The zero-order valence-electron chi connectivity index (χ0n) is 53.7. The smallest absolute Gasteiger partial charge is 0.242 e. The van der Waals surface area contributed by atoms with E-state index in [9.17, 15) is 43.8 Å². The predicted octanol–water partition coefficient (Wildman–Crippen LogP) is 10.5. The van der Waals surface area contributed by atoms with Gasteiger partial charge in [-0.05, 0) is 38.5 Å². The number of amides is 7. The van der Waals surface area contributed by atoms with Gasteiger partial charge in [0.05, 0.1) is 65.1 Å². The Morgan fingerprint density at radius 2 is 0.476 bits per heavy atom. The van der Waals surface area contributed by atoms with Gasteiger partial charge in [0.25, 0.3) is 0 Å². The molecule has 0 aliphatic carbocycles. The molecule has 17 heteroatoms. The Morgan fingerprint density at radius 1 is 0.293 bits per heavy atom. The number of carbonyl (C=O) groups excluding carboxylic acids is 7. The molecule has 82 heavy (non-hydrogen) atoms. The molecule has 0 aliphatic heterocycles. The van der Waals surface area contributed by atoms with E-state index in [4.69, 9.17) is 5.73 Å². The third kappa shape index (κ3) is 42.1. The Labute approximate surface area is 500 Å². The van der Waals surface area contributed by atoms with Gasteiger partial charge in [-0.25, -0.2) is 0 Å². The molecule has 0 spiro atoms. The fourth-order valence-corrected chi connectivity index (χ4v) is 10.3. The molecule has 0 aromatic heterocycles. The molecule has 0 heterocycles. The molecule has 5 N–H and O–H groups in total. The van der Waals surface area contributed by atoms with E-state index in [1.54, 1.807) is 19.6 Å². The molecule has 0 saturated heterocycles. The molecule has 0 aromatic carbocycles. The summed E-state index contributed by atoms with van der Waals surface area (Å²) >= 11 is 0. The predicted molar refractivity (Wildman–Crippen MR) is 335 cm³/mol. The average molecular weight is 1160 g/mol. The highest BCUT2D eigenvalue weighted by Crippen LogP contribution is 2.15. The molecule has 0 atom stereocenters. The number of unbranched alkanes of at least 4 members (excludes halogenated alkanes) is 30. The first-order valence-corrected chi connectivity index (χ1v) is 33.7. The van der Waals surface area contributed by atoms with E-state index in [-0.39, 0.29) is 94.5 Å². The van der Waals surface area contributed by atoms with Crippen molar-refractivity contribution in [3.8, 4) is 0 Å². The highest BCUT2D eigenvalue weighted by molar-refractivity contribution is 5.92. The first kappa shape index (κ1) is 78.2. The van der Waals surface area contributed by atoms with Gasteiger partial charge in [-0.3, -0.25) is 33.6 Å². The summed E-state index contributed by atoms with van der Waals surface area (Å²) in [5, 5.41) is 22.3. The van der Waals surface area contributed by atoms with Crippen molar-refractivity contribution in [3.05, 3.63) is 0 Å². The van der Waals surface area contributed by atoms with Crippen molar-refractivity contribution in [3.63, 3.8) is 0 Å². The lowest BCUT2D eigenvalue weighted by atomic mass is 10.1. The molecule has 0 rings (SSSR count). The van der Waals surface area contributed by atoms with E-state index >= 15 is 0 Å². The Hall–Kier alpha value is -3.83. The van der Waals surface area contributed by atoms with E-state index in [0.29, 0.717) is 77.8 Å². The third-order valence-electron chi connectivity index (χ3n) is 15.8. The molecule has 0 aromatic rings. The molecule has 0 fully saturated rings. The van der Waals surface area contributed by atoms with E-state index in [1.807, 2.05) is 0 Å². The van der Waals surface area contributed by atoms with Crippen LogP contribution in [0.25, 0.3) is 0 Å². The summed E-state index contributed by atoms with van der Waals surface area (Å²) in [6.07, 6.45) is 35.6. The summed E-state index contributed by atoms with van der Waals surface area (Å²) in [7, 11) is 0. The lowest BCUT2D eigenvalue weighted by Crippen LogP contribution is -2.52. The average Bonchev–Trinajstić information content (AvgIpc) is 3.56. The molecule has 0 radical (unpaired) electrons. The SMILES string of the molecule is CCCCCCCCCCN(CC(=O)N(CCCCCC)CC(N)=O)C(=O)CN(CCCCCCCC)C(=O)CN(CCCCCC)C(=O)CN(CCCCCCCCCC)C(=O)CN(CCCCCCCC)C(=O)CNC(CO)CO. The summed E-state index contributed by atoms with van der Waals surface area (Å²) in [6.45, 7) is 12.5. The molecule has 0 saturated carbocycles. The number of nitrogens with two attached hydrogens (primary N) is 1. The van der Waals surface area contributed by atoms with Crippen molar-refractivity contribution in [1.29, 1.82) is 0 Å². The molecule has 0 bridgehead atoms. The number of primary amides is 1. The van der Waals surface area contributed by atoms with Crippen LogP contribution in [0.4, 0.5) is 0 Å². The summed E-state index contributed by atoms with van der Waals surface area (Å²) in [6, 6.07) is -0.684.